The maximum absolute atomic E-state index is 12.6. The van der Waals surface area contributed by atoms with E-state index >= 15 is 0 Å². The fraction of sp³-hybridized carbons (Fsp3) is 0.565. The molecule has 8 heteroatoms. The van der Waals surface area contributed by atoms with E-state index in [0.29, 0.717) is 5.56 Å². The minimum Gasteiger partial charge on any atom is -0.451 e. The van der Waals surface area contributed by atoms with E-state index in [-0.39, 0.29) is 12.0 Å². The lowest BCUT2D eigenvalue weighted by molar-refractivity contribution is -0.157. The van der Waals surface area contributed by atoms with Crippen LogP contribution in [0.15, 0.2) is 24.3 Å². The SMILES string of the molecule is Cc1ccccc1C(=O)N[C@H](C(=O)O[C@@H](C)C(=O)NC(=O)NC1CCCCC1)C(C)C. The van der Waals surface area contributed by atoms with Crippen molar-refractivity contribution in [1.29, 1.82) is 0 Å². The number of amides is 4. The first-order chi connectivity index (χ1) is 14.7. The molecule has 4 amide bonds. The van der Waals surface area contributed by atoms with E-state index in [1.165, 1.54) is 6.92 Å². The zero-order valence-electron chi connectivity index (χ0n) is 18.7. The van der Waals surface area contributed by atoms with Crippen molar-refractivity contribution in [2.24, 2.45) is 5.92 Å². The maximum Gasteiger partial charge on any atom is 0.329 e. The molecular weight excluding hydrogens is 398 g/mol. The Morgan fingerprint density at radius 2 is 1.65 bits per heavy atom. The lowest BCUT2D eigenvalue weighted by atomic mass is 9.96. The first-order valence-corrected chi connectivity index (χ1v) is 10.9. The number of urea groups is 1. The summed E-state index contributed by atoms with van der Waals surface area (Å²) in [5.74, 6) is -2.09. The lowest BCUT2D eigenvalue weighted by Crippen LogP contribution is -2.50. The molecule has 8 nitrogen and oxygen atoms in total. The molecule has 31 heavy (non-hydrogen) atoms. The maximum atomic E-state index is 12.6. The van der Waals surface area contributed by atoms with Crippen LogP contribution in [0.25, 0.3) is 0 Å². The number of esters is 1. The molecule has 0 bridgehead atoms. The van der Waals surface area contributed by atoms with E-state index in [1.807, 2.05) is 19.1 Å². The third-order valence-corrected chi connectivity index (χ3v) is 5.44. The average Bonchev–Trinajstić information content (AvgIpc) is 2.72. The molecule has 0 unspecified atom stereocenters. The minimum absolute atomic E-state index is 0.0568. The second-order valence-corrected chi connectivity index (χ2v) is 8.39. The molecule has 0 radical (unpaired) electrons. The van der Waals surface area contributed by atoms with E-state index in [0.717, 1.165) is 37.7 Å². The molecule has 170 valence electrons. The molecule has 1 fully saturated rings. The molecule has 0 heterocycles. The van der Waals surface area contributed by atoms with Crippen molar-refractivity contribution in [3.8, 4) is 0 Å². The van der Waals surface area contributed by atoms with Gasteiger partial charge in [0.2, 0.25) is 0 Å². The molecule has 1 saturated carbocycles. The Labute approximate surface area is 183 Å². The van der Waals surface area contributed by atoms with Crippen LogP contribution in [0.3, 0.4) is 0 Å². The first kappa shape index (κ1) is 24.4. The van der Waals surface area contributed by atoms with Crippen LogP contribution in [0.2, 0.25) is 0 Å². The van der Waals surface area contributed by atoms with Crippen molar-refractivity contribution in [3.63, 3.8) is 0 Å². The molecule has 0 aliphatic heterocycles. The third-order valence-electron chi connectivity index (χ3n) is 5.44. The Morgan fingerprint density at radius 3 is 2.26 bits per heavy atom. The van der Waals surface area contributed by atoms with E-state index in [9.17, 15) is 19.2 Å². The van der Waals surface area contributed by atoms with Crippen LogP contribution in [0, 0.1) is 12.8 Å². The monoisotopic (exact) mass is 431 g/mol. The van der Waals surface area contributed by atoms with Gasteiger partial charge in [-0.1, -0.05) is 51.3 Å². The third kappa shape index (κ3) is 7.38. The number of hydrogen-bond donors (Lipinski definition) is 3. The molecule has 2 rings (SSSR count). The Balaban J connectivity index is 1.90. The van der Waals surface area contributed by atoms with Crippen molar-refractivity contribution in [1.82, 2.24) is 16.0 Å². The molecule has 1 aliphatic rings. The molecule has 0 spiro atoms. The van der Waals surface area contributed by atoms with Gasteiger partial charge in [0.05, 0.1) is 0 Å². The fourth-order valence-electron chi connectivity index (χ4n) is 3.53. The van der Waals surface area contributed by atoms with Gasteiger partial charge < -0.3 is 15.4 Å². The van der Waals surface area contributed by atoms with Gasteiger partial charge in [-0.2, -0.15) is 0 Å². The molecule has 1 aliphatic carbocycles. The van der Waals surface area contributed by atoms with Gasteiger partial charge in [0.15, 0.2) is 6.10 Å². The quantitative estimate of drug-likeness (QED) is 0.575. The largest absolute Gasteiger partial charge is 0.451 e. The number of imide groups is 1. The van der Waals surface area contributed by atoms with Gasteiger partial charge in [-0.3, -0.25) is 14.9 Å². The zero-order chi connectivity index (χ0) is 23.0. The summed E-state index contributed by atoms with van der Waals surface area (Å²) in [5.41, 5.74) is 1.25. The van der Waals surface area contributed by atoms with Crippen molar-refractivity contribution >= 4 is 23.8 Å². The second-order valence-electron chi connectivity index (χ2n) is 8.39. The molecule has 0 aromatic heterocycles. The van der Waals surface area contributed by atoms with Crippen LogP contribution >= 0.6 is 0 Å². The standard InChI is InChI=1S/C23H33N3O5/c1-14(2)19(25-21(28)18-13-9-8-10-15(18)3)22(29)31-16(4)20(27)26-23(30)24-17-11-6-5-7-12-17/h8-10,13-14,16-17,19H,5-7,11-12H2,1-4H3,(H,25,28)(H2,24,26,27,30)/t16-,19-/m0/s1. The molecular formula is C23H33N3O5. The van der Waals surface area contributed by atoms with Crippen LogP contribution in [-0.4, -0.2) is 42.0 Å². The highest BCUT2D eigenvalue weighted by Gasteiger charge is 2.30. The molecule has 1 aromatic carbocycles. The van der Waals surface area contributed by atoms with Gasteiger partial charge in [-0.25, -0.2) is 9.59 Å². The van der Waals surface area contributed by atoms with E-state index in [2.05, 4.69) is 16.0 Å². The Bertz CT molecular complexity index is 802. The number of benzene rings is 1. The fourth-order valence-corrected chi connectivity index (χ4v) is 3.53. The smallest absolute Gasteiger partial charge is 0.329 e. The van der Waals surface area contributed by atoms with E-state index in [1.54, 1.807) is 26.0 Å². The summed E-state index contributed by atoms with van der Waals surface area (Å²) in [6.07, 6.45) is 3.87. The number of aryl methyl sites for hydroxylation is 1. The highest BCUT2D eigenvalue weighted by Crippen LogP contribution is 2.17. The highest BCUT2D eigenvalue weighted by atomic mass is 16.5. The van der Waals surface area contributed by atoms with Crippen LogP contribution in [0.1, 0.15) is 68.8 Å². The summed E-state index contributed by atoms with van der Waals surface area (Å²) < 4.78 is 5.25. The highest BCUT2D eigenvalue weighted by molar-refractivity contribution is 5.99. The predicted octanol–water partition coefficient (Wildman–Crippen LogP) is 2.84. The molecule has 3 N–H and O–H groups in total. The van der Waals surface area contributed by atoms with Gasteiger partial charge in [-0.15, -0.1) is 0 Å². The van der Waals surface area contributed by atoms with Gasteiger partial charge in [-0.05, 0) is 44.2 Å². The molecule has 0 saturated heterocycles. The summed E-state index contributed by atoms with van der Waals surface area (Å²) in [5, 5.41) is 7.69. The van der Waals surface area contributed by atoms with Gasteiger partial charge in [0.25, 0.3) is 11.8 Å². The van der Waals surface area contributed by atoms with Gasteiger partial charge in [0.1, 0.15) is 6.04 Å². The normalized spacial score (nSPS) is 16.2. The van der Waals surface area contributed by atoms with Crippen molar-refractivity contribution in [2.75, 3.05) is 0 Å². The summed E-state index contributed by atoms with van der Waals surface area (Å²) in [4.78, 5) is 49.5. The molecule has 2 atom stereocenters. The van der Waals surface area contributed by atoms with Crippen LogP contribution in [0.5, 0.6) is 0 Å². The number of carbonyl (C=O) groups is 4. The summed E-state index contributed by atoms with van der Waals surface area (Å²) >= 11 is 0. The van der Waals surface area contributed by atoms with Crippen molar-refractivity contribution in [3.05, 3.63) is 35.4 Å². The number of rotatable bonds is 7. The number of carbonyl (C=O) groups excluding carboxylic acids is 4. The first-order valence-electron chi connectivity index (χ1n) is 10.9. The second kappa shape index (κ2) is 11.5. The number of ether oxygens (including phenoxy) is 1. The number of nitrogens with one attached hydrogen (secondary N) is 3. The van der Waals surface area contributed by atoms with Crippen LogP contribution < -0.4 is 16.0 Å². The summed E-state index contributed by atoms with van der Waals surface area (Å²) in [7, 11) is 0. The summed E-state index contributed by atoms with van der Waals surface area (Å²) in [6.45, 7) is 6.74. The Kier molecular flexibility index (Phi) is 9.03. The van der Waals surface area contributed by atoms with Gasteiger partial charge >= 0.3 is 12.0 Å². The zero-order valence-corrected chi connectivity index (χ0v) is 18.7. The molecule has 1 aromatic rings. The van der Waals surface area contributed by atoms with E-state index < -0.39 is 36.0 Å². The average molecular weight is 432 g/mol. The van der Waals surface area contributed by atoms with E-state index in [4.69, 9.17) is 4.74 Å². The van der Waals surface area contributed by atoms with Crippen molar-refractivity contribution < 1.29 is 23.9 Å². The Morgan fingerprint density at radius 1 is 1.00 bits per heavy atom. The number of hydrogen-bond acceptors (Lipinski definition) is 5. The van der Waals surface area contributed by atoms with Gasteiger partial charge in [0, 0.05) is 11.6 Å². The topological polar surface area (TPSA) is 114 Å². The summed E-state index contributed by atoms with van der Waals surface area (Å²) in [6, 6.07) is 5.59. The van der Waals surface area contributed by atoms with Crippen LogP contribution in [0.4, 0.5) is 4.79 Å². The lowest BCUT2D eigenvalue weighted by Gasteiger charge is -2.24. The van der Waals surface area contributed by atoms with Crippen molar-refractivity contribution in [2.45, 2.75) is 78.0 Å². The predicted molar refractivity (Wildman–Crippen MR) is 116 cm³/mol. The minimum atomic E-state index is -1.18. The Hall–Kier alpha value is -2.90. The van der Waals surface area contributed by atoms with Crippen LogP contribution in [-0.2, 0) is 14.3 Å².